The number of likely N-dealkylation sites (tertiary alicyclic amines) is 1. The Morgan fingerprint density at radius 1 is 1.31 bits per heavy atom. The first-order chi connectivity index (χ1) is 12.1. The van der Waals surface area contributed by atoms with E-state index in [2.05, 4.69) is 15.9 Å². The summed E-state index contributed by atoms with van der Waals surface area (Å²) in [7, 11) is 0. The lowest BCUT2D eigenvalue weighted by Gasteiger charge is -2.27. The van der Waals surface area contributed by atoms with Gasteiger partial charge >= 0.3 is 12.1 Å². The standard InChI is InChI=1S/C18H21BrFNO5/c1-18(2,3)26-17(24)21-8-4-5-14(21)16(23)25-10-15(22)12-7-6-11(19)9-13(12)20/h6-7,9,14H,4-5,8,10H2,1-3H3/t14-/m0/s1. The Bertz CT molecular complexity index is 716. The monoisotopic (exact) mass is 429 g/mol. The third kappa shape index (κ3) is 5.27. The topological polar surface area (TPSA) is 72.9 Å². The quantitative estimate of drug-likeness (QED) is 0.538. The fourth-order valence-corrected chi connectivity index (χ4v) is 2.91. The van der Waals surface area contributed by atoms with Gasteiger partial charge in [0.1, 0.15) is 17.5 Å². The molecule has 1 heterocycles. The maximum absolute atomic E-state index is 13.8. The number of amides is 1. The molecule has 0 aliphatic carbocycles. The van der Waals surface area contributed by atoms with Gasteiger partial charge in [-0.1, -0.05) is 15.9 Å². The van der Waals surface area contributed by atoms with Gasteiger partial charge in [0.2, 0.25) is 5.78 Å². The van der Waals surface area contributed by atoms with Crippen molar-refractivity contribution in [3.63, 3.8) is 0 Å². The van der Waals surface area contributed by atoms with E-state index in [0.29, 0.717) is 23.9 Å². The zero-order valence-electron chi connectivity index (χ0n) is 14.9. The molecule has 2 rings (SSSR count). The molecule has 26 heavy (non-hydrogen) atoms. The third-order valence-corrected chi connectivity index (χ3v) is 4.22. The van der Waals surface area contributed by atoms with Crippen LogP contribution in [0.25, 0.3) is 0 Å². The summed E-state index contributed by atoms with van der Waals surface area (Å²) < 4.78 is 24.6. The fraction of sp³-hybridized carbons (Fsp3) is 0.500. The first-order valence-electron chi connectivity index (χ1n) is 8.23. The Balaban J connectivity index is 1.96. The number of carbonyl (C=O) groups is 3. The number of ketones is 1. The van der Waals surface area contributed by atoms with Crippen LogP contribution in [0.1, 0.15) is 44.0 Å². The predicted octanol–water partition coefficient (Wildman–Crippen LogP) is 3.71. The number of ether oxygens (including phenoxy) is 2. The molecule has 1 saturated heterocycles. The minimum Gasteiger partial charge on any atom is -0.456 e. The maximum Gasteiger partial charge on any atom is 0.411 e. The second-order valence-corrected chi connectivity index (χ2v) is 7.90. The van der Waals surface area contributed by atoms with Crippen molar-refractivity contribution >= 4 is 33.8 Å². The highest BCUT2D eigenvalue weighted by Crippen LogP contribution is 2.22. The van der Waals surface area contributed by atoms with Crippen LogP contribution in [0.3, 0.4) is 0 Å². The first-order valence-corrected chi connectivity index (χ1v) is 9.02. The largest absolute Gasteiger partial charge is 0.456 e. The maximum atomic E-state index is 13.8. The third-order valence-electron chi connectivity index (χ3n) is 3.73. The van der Waals surface area contributed by atoms with Gasteiger partial charge in [-0.05, 0) is 51.8 Å². The van der Waals surface area contributed by atoms with Gasteiger partial charge in [-0.15, -0.1) is 0 Å². The summed E-state index contributed by atoms with van der Waals surface area (Å²) in [5, 5.41) is 0. The lowest BCUT2D eigenvalue weighted by Crippen LogP contribution is -2.44. The van der Waals surface area contributed by atoms with Crippen LogP contribution >= 0.6 is 15.9 Å². The SMILES string of the molecule is CC(C)(C)OC(=O)N1CCC[C@H]1C(=O)OCC(=O)c1ccc(Br)cc1F. The Labute approximate surface area is 159 Å². The van der Waals surface area contributed by atoms with Gasteiger partial charge in [0.25, 0.3) is 0 Å². The van der Waals surface area contributed by atoms with Gasteiger partial charge in [-0.25, -0.2) is 14.0 Å². The first kappa shape index (κ1) is 20.4. The van der Waals surface area contributed by atoms with Crippen LogP contribution in [0.5, 0.6) is 0 Å². The molecule has 1 aromatic carbocycles. The van der Waals surface area contributed by atoms with Crippen LogP contribution in [-0.2, 0) is 14.3 Å². The van der Waals surface area contributed by atoms with Gasteiger partial charge in [-0.3, -0.25) is 9.69 Å². The lowest BCUT2D eigenvalue weighted by molar-refractivity contribution is -0.147. The van der Waals surface area contributed by atoms with Gasteiger partial charge in [0.15, 0.2) is 6.61 Å². The van der Waals surface area contributed by atoms with E-state index < -0.39 is 41.9 Å². The molecule has 1 aliphatic rings. The Hall–Kier alpha value is -1.96. The molecular formula is C18H21BrFNO5. The molecule has 8 heteroatoms. The second kappa shape index (κ2) is 8.16. The normalized spacial score (nSPS) is 17.1. The van der Waals surface area contributed by atoms with E-state index in [0.717, 1.165) is 6.07 Å². The predicted molar refractivity (Wildman–Crippen MR) is 95.4 cm³/mol. The Morgan fingerprint density at radius 2 is 2.00 bits per heavy atom. The van der Waals surface area contributed by atoms with Gasteiger partial charge in [0, 0.05) is 11.0 Å². The molecule has 1 aliphatic heterocycles. The van der Waals surface area contributed by atoms with Crippen LogP contribution < -0.4 is 0 Å². The molecule has 1 fully saturated rings. The van der Waals surface area contributed by atoms with E-state index in [1.54, 1.807) is 20.8 Å². The Kier molecular flexibility index (Phi) is 6.39. The van der Waals surface area contributed by atoms with E-state index in [4.69, 9.17) is 9.47 Å². The van der Waals surface area contributed by atoms with Crippen LogP contribution in [0.4, 0.5) is 9.18 Å². The number of benzene rings is 1. The van der Waals surface area contributed by atoms with Crippen LogP contribution in [0.2, 0.25) is 0 Å². The van der Waals surface area contributed by atoms with Crippen molar-refractivity contribution in [1.29, 1.82) is 0 Å². The summed E-state index contributed by atoms with van der Waals surface area (Å²) in [6, 6.07) is 3.21. The van der Waals surface area contributed by atoms with Crippen molar-refractivity contribution in [2.45, 2.75) is 45.3 Å². The van der Waals surface area contributed by atoms with E-state index >= 15 is 0 Å². The molecule has 0 unspecified atom stereocenters. The number of carbonyl (C=O) groups excluding carboxylic acids is 3. The molecule has 0 N–H and O–H groups in total. The van der Waals surface area contributed by atoms with E-state index in [-0.39, 0.29) is 5.56 Å². The smallest absolute Gasteiger partial charge is 0.411 e. The lowest BCUT2D eigenvalue weighted by atomic mass is 10.1. The summed E-state index contributed by atoms with van der Waals surface area (Å²) in [4.78, 5) is 37.8. The van der Waals surface area contributed by atoms with E-state index in [1.807, 2.05) is 0 Å². The minimum absolute atomic E-state index is 0.156. The average Bonchev–Trinajstić information content (AvgIpc) is 3.00. The van der Waals surface area contributed by atoms with Gasteiger partial charge < -0.3 is 9.47 Å². The second-order valence-electron chi connectivity index (χ2n) is 6.99. The molecule has 0 radical (unpaired) electrons. The zero-order valence-corrected chi connectivity index (χ0v) is 16.5. The van der Waals surface area contributed by atoms with Gasteiger partial charge in [0.05, 0.1) is 5.56 Å². The molecule has 142 valence electrons. The van der Waals surface area contributed by atoms with Crippen LogP contribution in [0.15, 0.2) is 22.7 Å². The number of nitrogens with zero attached hydrogens (tertiary/aromatic N) is 1. The molecule has 0 saturated carbocycles. The number of Topliss-reactive ketones (excluding diaryl/α,β-unsaturated/α-hetero) is 1. The fourth-order valence-electron chi connectivity index (χ4n) is 2.58. The number of halogens is 2. The molecule has 1 amide bonds. The molecule has 1 aromatic rings. The molecule has 0 bridgehead atoms. The molecular weight excluding hydrogens is 409 g/mol. The summed E-state index contributed by atoms with van der Waals surface area (Å²) in [5.41, 5.74) is -0.833. The highest BCUT2D eigenvalue weighted by Gasteiger charge is 2.37. The minimum atomic E-state index is -0.799. The average molecular weight is 430 g/mol. The zero-order chi connectivity index (χ0) is 19.5. The number of esters is 1. The van der Waals surface area contributed by atoms with Crippen molar-refractivity contribution in [3.8, 4) is 0 Å². The van der Waals surface area contributed by atoms with Crippen molar-refractivity contribution in [2.24, 2.45) is 0 Å². The number of hydrogen-bond acceptors (Lipinski definition) is 5. The summed E-state index contributed by atoms with van der Waals surface area (Å²) in [5.74, 6) is -2.04. The molecule has 1 atom stereocenters. The van der Waals surface area contributed by atoms with Crippen LogP contribution in [-0.4, -0.2) is 47.5 Å². The molecule has 0 spiro atoms. The highest BCUT2D eigenvalue weighted by atomic mass is 79.9. The van der Waals surface area contributed by atoms with Crippen molar-refractivity contribution in [1.82, 2.24) is 4.90 Å². The van der Waals surface area contributed by atoms with E-state index in [9.17, 15) is 18.8 Å². The number of rotatable bonds is 4. The summed E-state index contributed by atoms with van der Waals surface area (Å²) in [6.07, 6.45) is 0.468. The van der Waals surface area contributed by atoms with Crippen molar-refractivity contribution < 1.29 is 28.2 Å². The summed E-state index contributed by atoms with van der Waals surface area (Å²) >= 11 is 3.11. The number of hydrogen-bond donors (Lipinski definition) is 0. The molecule has 0 aromatic heterocycles. The van der Waals surface area contributed by atoms with Gasteiger partial charge in [-0.2, -0.15) is 0 Å². The van der Waals surface area contributed by atoms with Crippen molar-refractivity contribution in [3.05, 3.63) is 34.1 Å². The summed E-state index contributed by atoms with van der Waals surface area (Å²) in [6.45, 7) is 5.00. The van der Waals surface area contributed by atoms with Crippen molar-refractivity contribution in [2.75, 3.05) is 13.2 Å². The highest BCUT2D eigenvalue weighted by molar-refractivity contribution is 9.10. The molecule has 6 nitrogen and oxygen atoms in total. The van der Waals surface area contributed by atoms with Crippen LogP contribution in [0, 0.1) is 5.82 Å². The Morgan fingerprint density at radius 3 is 2.62 bits per heavy atom. The van der Waals surface area contributed by atoms with E-state index in [1.165, 1.54) is 17.0 Å².